The van der Waals surface area contributed by atoms with Crippen LogP contribution in [-0.4, -0.2) is 41.6 Å². The Hall–Kier alpha value is -1.81. The molecule has 0 bridgehead atoms. The quantitative estimate of drug-likeness (QED) is 0.763. The van der Waals surface area contributed by atoms with Gasteiger partial charge in [-0.2, -0.15) is 0 Å². The molecule has 0 aliphatic carbocycles. The lowest BCUT2D eigenvalue weighted by atomic mass is 9.93. The molecule has 1 atom stereocenters. The van der Waals surface area contributed by atoms with Crippen molar-refractivity contribution in [2.75, 3.05) is 20.1 Å². The van der Waals surface area contributed by atoms with E-state index in [1.807, 2.05) is 25.7 Å². The number of likely N-dealkylation sites (N-methyl/N-ethyl adjacent to an activating group) is 1. The molecule has 3 rings (SSSR count). The summed E-state index contributed by atoms with van der Waals surface area (Å²) in [7, 11) is 2.16. The number of nitrogens with zero attached hydrogens (tertiary/aromatic N) is 2. The second-order valence-electron chi connectivity index (χ2n) is 8.49. The van der Waals surface area contributed by atoms with Crippen LogP contribution in [0.2, 0.25) is 0 Å². The number of carbonyl (C=O) groups is 1. The minimum Gasteiger partial charge on any atom is -0.443 e. The van der Waals surface area contributed by atoms with Crippen molar-refractivity contribution in [3.63, 3.8) is 0 Å². The first-order valence-electron chi connectivity index (χ1n) is 9.24. The van der Waals surface area contributed by atoms with Crippen LogP contribution in [-0.2, 0) is 17.7 Å². The SMILES string of the molecule is C[C@H]1CC=C(c2ccc3c(c2)CCN(C)C3)N(C(=O)OC(C)(C)C)C1. The maximum atomic E-state index is 12.7. The summed E-state index contributed by atoms with van der Waals surface area (Å²) >= 11 is 0. The molecule has 0 N–H and O–H groups in total. The lowest BCUT2D eigenvalue weighted by Crippen LogP contribution is -2.39. The highest BCUT2D eigenvalue weighted by Crippen LogP contribution is 2.31. The first kappa shape index (κ1) is 18.0. The Bertz CT molecular complexity index is 688. The molecule has 0 fully saturated rings. The van der Waals surface area contributed by atoms with Gasteiger partial charge in [0.25, 0.3) is 0 Å². The van der Waals surface area contributed by atoms with Gasteiger partial charge in [0.1, 0.15) is 5.60 Å². The number of rotatable bonds is 1. The van der Waals surface area contributed by atoms with E-state index in [2.05, 4.69) is 43.1 Å². The number of hydrogen-bond acceptors (Lipinski definition) is 3. The lowest BCUT2D eigenvalue weighted by molar-refractivity contribution is 0.0327. The molecule has 4 nitrogen and oxygen atoms in total. The third-order valence-corrected chi connectivity index (χ3v) is 4.82. The number of carbonyl (C=O) groups excluding carboxylic acids is 1. The molecule has 136 valence electrons. The zero-order valence-electron chi connectivity index (χ0n) is 16.1. The zero-order valence-corrected chi connectivity index (χ0v) is 16.1. The zero-order chi connectivity index (χ0) is 18.2. The number of amides is 1. The first-order valence-corrected chi connectivity index (χ1v) is 9.24. The lowest BCUT2D eigenvalue weighted by Gasteiger charge is -2.34. The minimum atomic E-state index is -0.483. The van der Waals surface area contributed by atoms with Crippen LogP contribution in [0.15, 0.2) is 24.3 Å². The number of fused-ring (bicyclic) bond motifs is 1. The second-order valence-corrected chi connectivity index (χ2v) is 8.49. The number of allylic oxidation sites excluding steroid dienone is 1. The summed E-state index contributed by atoms with van der Waals surface area (Å²) in [5.74, 6) is 0.447. The molecule has 0 saturated heterocycles. The third kappa shape index (κ3) is 4.24. The van der Waals surface area contributed by atoms with Crippen LogP contribution >= 0.6 is 0 Å². The fourth-order valence-corrected chi connectivity index (χ4v) is 3.52. The largest absolute Gasteiger partial charge is 0.443 e. The van der Waals surface area contributed by atoms with Crippen LogP contribution in [0, 0.1) is 5.92 Å². The van der Waals surface area contributed by atoms with E-state index >= 15 is 0 Å². The Morgan fingerprint density at radius 1 is 1.24 bits per heavy atom. The molecule has 0 radical (unpaired) electrons. The van der Waals surface area contributed by atoms with E-state index in [1.165, 1.54) is 11.1 Å². The van der Waals surface area contributed by atoms with E-state index in [-0.39, 0.29) is 6.09 Å². The van der Waals surface area contributed by atoms with Gasteiger partial charge in [0, 0.05) is 19.6 Å². The monoisotopic (exact) mass is 342 g/mol. The summed E-state index contributed by atoms with van der Waals surface area (Å²) in [4.78, 5) is 16.9. The summed E-state index contributed by atoms with van der Waals surface area (Å²) < 4.78 is 5.64. The molecule has 0 aromatic heterocycles. The van der Waals surface area contributed by atoms with E-state index < -0.39 is 5.60 Å². The molecule has 0 unspecified atom stereocenters. The van der Waals surface area contributed by atoms with Crippen molar-refractivity contribution in [2.24, 2.45) is 5.92 Å². The Morgan fingerprint density at radius 2 is 2.00 bits per heavy atom. The Labute approximate surface area is 151 Å². The molecule has 2 heterocycles. The molecular weight excluding hydrogens is 312 g/mol. The molecule has 0 saturated carbocycles. The van der Waals surface area contributed by atoms with Gasteiger partial charge in [-0.3, -0.25) is 4.90 Å². The van der Waals surface area contributed by atoms with E-state index in [0.717, 1.165) is 37.2 Å². The maximum Gasteiger partial charge on any atom is 0.414 e. The van der Waals surface area contributed by atoms with Gasteiger partial charge in [-0.1, -0.05) is 25.1 Å². The fourth-order valence-electron chi connectivity index (χ4n) is 3.52. The van der Waals surface area contributed by atoms with Gasteiger partial charge in [0.05, 0.1) is 5.70 Å². The van der Waals surface area contributed by atoms with Crippen molar-refractivity contribution in [3.8, 4) is 0 Å². The van der Waals surface area contributed by atoms with Crippen molar-refractivity contribution in [1.82, 2.24) is 9.80 Å². The van der Waals surface area contributed by atoms with Crippen LogP contribution in [0.4, 0.5) is 4.79 Å². The summed E-state index contributed by atoms with van der Waals surface area (Å²) in [6.07, 6.45) is 4.00. The highest BCUT2D eigenvalue weighted by atomic mass is 16.6. The van der Waals surface area contributed by atoms with E-state index in [9.17, 15) is 4.79 Å². The smallest absolute Gasteiger partial charge is 0.414 e. The Morgan fingerprint density at radius 3 is 2.72 bits per heavy atom. The number of ether oxygens (including phenoxy) is 1. The molecule has 0 spiro atoms. The Balaban J connectivity index is 1.89. The highest BCUT2D eigenvalue weighted by molar-refractivity contribution is 5.83. The number of hydrogen-bond donors (Lipinski definition) is 0. The van der Waals surface area contributed by atoms with Gasteiger partial charge in [-0.15, -0.1) is 0 Å². The van der Waals surface area contributed by atoms with Gasteiger partial charge in [-0.05, 0) is 69.3 Å². The normalized spacial score (nSPS) is 21.6. The second kappa shape index (κ2) is 6.83. The van der Waals surface area contributed by atoms with E-state index in [0.29, 0.717) is 12.5 Å². The average molecular weight is 342 g/mol. The third-order valence-electron chi connectivity index (χ3n) is 4.82. The summed E-state index contributed by atoms with van der Waals surface area (Å²) in [5.41, 5.74) is 4.43. The summed E-state index contributed by atoms with van der Waals surface area (Å²) in [6, 6.07) is 6.63. The van der Waals surface area contributed by atoms with Crippen LogP contribution in [0.5, 0.6) is 0 Å². The van der Waals surface area contributed by atoms with Crippen molar-refractivity contribution in [2.45, 2.75) is 52.7 Å². The predicted molar refractivity (Wildman–Crippen MR) is 101 cm³/mol. The Kier molecular flexibility index (Phi) is 4.92. The van der Waals surface area contributed by atoms with Gasteiger partial charge < -0.3 is 9.64 Å². The van der Waals surface area contributed by atoms with Crippen LogP contribution in [0.3, 0.4) is 0 Å². The summed E-state index contributed by atoms with van der Waals surface area (Å²) in [5, 5.41) is 0. The van der Waals surface area contributed by atoms with Crippen LogP contribution < -0.4 is 0 Å². The predicted octanol–water partition coefficient (Wildman–Crippen LogP) is 4.29. The molecule has 25 heavy (non-hydrogen) atoms. The average Bonchev–Trinajstić information content (AvgIpc) is 2.52. The topological polar surface area (TPSA) is 32.8 Å². The van der Waals surface area contributed by atoms with Crippen LogP contribution in [0.1, 0.15) is 50.8 Å². The van der Waals surface area contributed by atoms with Crippen molar-refractivity contribution in [3.05, 3.63) is 41.0 Å². The number of benzene rings is 1. The molecule has 2 aliphatic rings. The first-order chi connectivity index (χ1) is 11.7. The van der Waals surface area contributed by atoms with Gasteiger partial charge in [0.15, 0.2) is 0 Å². The fraction of sp³-hybridized carbons (Fsp3) is 0.571. The van der Waals surface area contributed by atoms with E-state index in [4.69, 9.17) is 4.74 Å². The van der Waals surface area contributed by atoms with Crippen molar-refractivity contribution in [1.29, 1.82) is 0 Å². The molecule has 2 aliphatic heterocycles. The van der Waals surface area contributed by atoms with Crippen LogP contribution in [0.25, 0.3) is 5.70 Å². The molecule has 1 aromatic rings. The highest BCUT2D eigenvalue weighted by Gasteiger charge is 2.29. The molecule has 1 amide bonds. The van der Waals surface area contributed by atoms with Crippen molar-refractivity contribution < 1.29 is 9.53 Å². The van der Waals surface area contributed by atoms with Crippen molar-refractivity contribution >= 4 is 11.8 Å². The summed E-state index contributed by atoms with van der Waals surface area (Å²) in [6.45, 7) is 10.7. The minimum absolute atomic E-state index is 0.247. The standard InChI is InChI=1S/C21H30N2O2/c1-15-6-9-19(23(13-15)20(24)25-21(2,3)4)17-7-8-18-14-22(5)11-10-16(18)12-17/h7-9,12,15H,6,10-11,13-14H2,1-5H3/t15-/m0/s1. The maximum absolute atomic E-state index is 12.7. The van der Waals surface area contributed by atoms with E-state index in [1.54, 1.807) is 0 Å². The molecule has 1 aromatic carbocycles. The van der Waals surface area contributed by atoms with Gasteiger partial charge in [-0.25, -0.2) is 4.79 Å². The molecular formula is C21H30N2O2. The van der Waals surface area contributed by atoms with Gasteiger partial charge >= 0.3 is 6.09 Å². The van der Waals surface area contributed by atoms with Gasteiger partial charge in [0.2, 0.25) is 0 Å². The molecule has 4 heteroatoms.